The quantitative estimate of drug-likeness (QED) is 0.803. The molecule has 1 aliphatic heterocycles. The summed E-state index contributed by atoms with van der Waals surface area (Å²) in [5, 5.41) is 0. The first-order valence-corrected chi connectivity index (χ1v) is 8.30. The van der Waals surface area contributed by atoms with Crippen molar-refractivity contribution in [3.63, 3.8) is 0 Å². The summed E-state index contributed by atoms with van der Waals surface area (Å²) in [4.78, 5) is 13.8. The molecule has 0 aromatic heterocycles. The molecule has 0 saturated carbocycles. The van der Waals surface area contributed by atoms with E-state index in [9.17, 15) is 9.18 Å². The van der Waals surface area contributed by atoms with Gasteiger partial charge in [-0.15, -0.1) is 0 Å². The number of carbonyl (C=O) groups is 1. The van der Waals surface area contributed by atoms with Crippen LogP contribution in [0.15, 0.2) is 48.5 Å². The molecule has 1 aliphatic rings. The summed E-state index contributed by atoms with van der Waals surface area (Å²) in [6, 6.07) is 15.3. The molecule has 0 N–H and O–H groups in total. The molecule has 3 heteroatoms. The van der Waals surface area contributed by atoms with Crippen LogP contribution in [0.1, 0.15) is 30.9 Å². The van der Waals surface area contributed by atoms with E-state index in [-0.39, 0.29) is 11.7 Å². The Labute approximate surface area is 136 Å². The highest BCUT2D eigenvalue weighted by Gasteiger charge is 2.29. The molecule has 0 spiro atoms. The second kappa shape index (κ2) is 6.95. The van der Waals surface area contributed by atoms with Gasteiger partial charge in [0.05, 0.1) is 0 Å². The highest BCUT2D eigenvalue weighted by atomic mass is 19.1. The third-order valence-corrected chi connectivity index (χ3v) is 4.66. The van der Waals surface area contributed by atoms with Gasteiger partial charge in [-0.3, -0.25) is 4.79 Å². The molecule has 1 atom stereocenters. The van der Waals surface area contributed by atoms with E-state index in [1.165, 1.54) is 11.6 Å². The van der Waals surface area contributed by atoms with E-state index in [0.717, 1.165) is 12.8 Å². The Morgan fingerprint density at radius 2 is 1.91 bits per heavy atom. The lowest BCUT2D eigenvalue weighted by Crippen LogP contribution is -2.24. The molecule has 120 valence electrons. The first kappa shape index (κ1) is 15.7. The molecule has 0 aliphatic carbocycles. The number of anilines is 1. The minimum atomic E-state index is -0.217. The van der Waals surface area contributed by atoms with Crippen LogP contribution in [0.4, 0.5) is 10.1 Å². The van der Waals surface area contributed by atoms with Gasteiger partial charge in [0.1, 0.15) is 5.82 Å². The molecule has 2 nitrogen and oxygen atoms in total. The number of hydrogen-bond acceptors (Lipinski definition) is 1. The molecule has 3 rings (SSSR count). The van der Waals surface area contributed by atoms with Crippen molar-refractivity contribution >= 4 is 11.6 Å². The number of nitrogens with zero attached hydrogens (tertiary/aromatic N) is 1. The van der Waals surface area contributed by atoms with Crippen LogP contribution in [0.25, 0.3) is 0 Å². The molecule has 1 heterocycles. The average molecular weight is 311 g/mol. The van der Waals surface area contributed by atoms with Crippen molar-refractivity contribution in [1.29, 1.82) is 0 Å². The normalized spacial score (nSPS) is 17.7. The van der Waals surface area contributed by atoms with E-state index in [4.69, 9.17) is 0 Å². The smallest absolute Gasteiger partial charge is 0.227 e. The summed E-state index contributed by atoms with van der Waals surface area (Å²) < 4.78 is 14.4. The molecule has 2 aromatic rings. The van der Waals surface area contributed by atoms with Crippen LogP contribution in [0.3, 0.4) is 0 Å². The zero-order chi connectivity index (χ0) is 16.2. The maximum absolute atomic E-state index is 14.4. The summed E-state index contributed by atoms with van der Waals surface area (Å²) in [5.41, 5.74) is 2.60. The summed E-state index contributed by atoms with van der Waals surface area (Å²) in [6.07, 6.45) is 3.05. The Morgan fingerprint density at radius 3 is 2.57 bits per heavy atom. The van der Waals surface area contributed by atoms with Gasteiger partial charge >= 0.3 is 0 Å². The Hall–Kier alpha value is -2.16. The van der Waals surface area contributed by atoms with Gasteiger partial charge < -0.3 is 4.90 Å². The van der Waals surface area contributed by atoms with E-state index >= 15 is 0 Å². The molecule has 23 heavy (non-hydrogen) atoms. The fourth-order valence-electron chi connectivity index (χ4n) is 3.14. The van der Waals surface area contributed by atoms with Crippen molar-refractivity contribution in [2.45, 2.75) is 32.6 Å². The molecule has 0 unspecified atom stereocenters. The predicted octanol–water partition coefficient (Wildman–Crippen LogP) is 4.37. The lowest BCUT2D eigenvalue weighted by Gasteiger charge is -2.17. The van der Waals surface area contributed by atoms with Crippen LogP contribution in [-0.2, 0) is 17.6 Å². The molecule has 1 amide bonds. The van der Waals surface area contributed by atoms with E-state index in [1.54, 1.807) is 4.90 Å². The maximum Gasteiger partial charge on any atom is 0.227 e. The minimum Gasteiger partial charge on any atom is -0.312 e. The number of hydrogen-bond donors (Lipinski definition) is 0. The number of benzene rings is 2. The van der Waals surface area contributed by atoms with Crippen LogP contribution in [-0.4, -0.2) is 12.5 Å². The van der Waals surface area contributed by atoms with Gasteiger partial charge in [0.25, 0.3) is 0 Å². The Kier molecular flexibility index (Phi) is 4.75. The fraction of sp³-hybridized carbons (Fsp3) is 0.350. The van der Waals surface area contributed by atoms with Crippen molar-refractivity contribution in [2.75, 3.05) is 11.4 Å². The van der Waals surface area contributed by atoms with Gasteiger partial charge in [-0.2, -0.15) is 0 Å². The highest BCUT2D eigenvalue weighted by Crippen LogP contribution is 2.28. The van der Waals surface area contributed by atoms with E-state index in [0.29, 0.717) is 36.6 Å². The van der Waals surface area contributed by atoms with Gasteiger partial charge in [0.2, 0.25) is 5.91 Å². The lowest BCUT2D eigenvalue weighted by molar-refractivity contribution is -0.117. The molecule has 1 saturated heterocycles. The minimum absolute atomic E-state index is 0.105. The third-order valence-electron chi connectivity index (χ3n) is 4.66. The fourth-order valence-corrected chi connectivity index (χ4v) is 3.14. The van der Waals surface area contributed by atoms with E-state index in [1.807, 2.05) is 30.3 Å². The van der Waals surface area contributed by atoms with Crippen molar-refractivity contribution in [3.8, 4) is 0 Å². The number of aryl methyl sites for hydroxylation is 2. The summed E-state index contributed by atoms with van der Waals surface area (Å²) in [6.45, 7) is 2.80. The first-order chi connectivity index (χ1) is 11.2. The van der Waals surface area contributed by atoms with Crippen molar-refractivity contribution in [2.24, 2.45) is 5.92 Å². The van der Waals surface area contributed by atoms with Crippen LogP contribution in [0.2, 0.25) is 0 Å². The summed E-state index contributed by atoms with van der Waals surface area (Å²) >= 11 is 0. The van der Waals surface area contributed by atoms with Crippen LogP contribution in [0.5, 0.6) is 0 Å². The summed E-state index contributed by atoms with van der Waals surface area (Å²) in [5.74, 6) is 0.280. The molecule has 2 aromatic carbocycles. The van der Waals surface area contributed by atoms with E-state index in [2.05, 4.69) is 19.1 Å². The average Bonchev–Trinajstić information content (AvgIpc) is 2.96. The van der Waals surface area contributed by atoms with Gasteiger partial charge in [-0.25, -0.2) is 4.39 Å². The second-order valence-electron chi connectivity index (χ2n) is 6.24. The molecule has 0 radical (unpaired) electrons. The van der Waals surface area contributed by atoms with Crippen LogP contribution in [0, 0.1) is 11.7 Å². The van der Waals surface area contributed by atoms with Gasteiger partial charge in [0.15, 0.2) is 0 Å². The Bertz CT molecular complexity index is 683. The molecule has 0 bridgehead atoms. The number of carbonyl (C=O) groups excluding carboxylic acids is 1. The summed E-state index contributed by atoms with van der Waals surface area (Å²) in [7, 11) is 0. The van der Waals surface area contributed by atoms with Gasteiger partial charge in [0, 0.05) is 18.7 Å². The second-order valence-corrected chi connectivity index (χ2v) is 6.24. The third kappa shape index (κ3) is 3.61. The number of halogens is 1. The van der Waals surface area contributed by atoms with Crippen molar-refractivity contribution in [1.82, 2.24) is 0 Å². The monoisotopic (exact) mass is 311 g/mol. The molecule has 1 fully saturated rings. The standard InChI is InChI=1S/C20H22FNO/c1-2-15-12-20(23)22(14-15)18-11-10-17(19(21)13-18)9-8-16-6-4-3-5-7-16/h3-7,10-11,13,15H,2,8-9,12,14H2,1H3/t15-/m1/s1. The molecular formula is C20H22FNO. The number of amides is 1. The topological polar surface area (TPSA) is 20.3 Å². The zero-order valence-corrected chi connectivity index (χ0v) is 13.5. The SMILES string of the molecule is CC[C@@H]1CC(=O)N(c2ccc(CCc3ccccc3)c(F)c2)C1. The zero-order valence-electron chi connectivity index (χ0n) is 13.5. The van der Waals surface area contributed by atoms with Gasteiger partial charge in [-0.05, 0) is 42.0 Å². The van der Waals surface area contributed by atoms with Crippen LogP contribution < -0.4 is 4.90 Å². The van der Waals surface area contributed by atoms with Gasteiger partial charge in [-0.1, -0.05) is 49.7 Å². The van der Waals surface area contributed by atoms with Crippen molar-refractivity contribution in [3.05, 3.63) is 65.5 Å². The molecular weight excluding hydrogens is 289 g/mol. The first-order valence-electron chi connectivity index (χ1n) is 8.30. The van der Waals surface area contributed by atoms with Crippen LogP contribution >= 0.6 is 0 Å². The Balaban J connectivity index is 1.70. The highest BCUT2D eigenvalue weighted by molar-refractivity contribution is 5.95. The largest absolute Gasteiger partial charge is 0.312 e. The predicted molar refractivity (Wildman–Crippen MR) is 91.0 cm³/mol. The number of rotatable bonds is 5. The maximum atomic E-state index is 14.4. The Morgan fingerprint density at radius 1 is 1.13 bits per heavy atom. The lowest BCUT2D eigenvalue weighted by atomic mass is 10.0. The van der Waals surface area contributed by atoms with E-state index < -0.39 is 0 Å². The van der Waals surface area contributed by atoms with Crippen molar-refractivity contribution < 1.29 is 9.18 Å².